The van der Waals surface area contributed by atoms with Crippen molar-refractivity contribution in [3.8, 4) is 0 Å². The van der Waals surface area contributed by atoms with Gasteiger partial charge in [0.05, 0.1) is 0 Å². The lowest BCUT2D eigenvalue weighted by molar-refractivity contribution is 0.0975. The summed E-state index contributed by atoms with van der Waals surface area (Å²) in [5.41, 5.74) is 3.01. The summed E-state index contributed by atoms with van der Waals surface area (Å²) in [6.45, 7) is 4.86. The quantitative estimate of drug-likeness (QED) is 0.731. The monoisotopic (exact) mass is 344 g/mol. The van der Waals surface area contributed by atoms with Gasteiger partial charge in [0.2, 0.25) is 0 Å². The topological polar surface area (TPSA) is 33.2 Å². The first kappa shape index (κ1) is 17.0. The van der Waals surface area contributed by atoms with Gasteiger partial charge in [-0.15, -0.1) is 11.3 Å². The number of Topliss-reactive ketones (excluding diaryl/α,β-unsaturated/α-hetero) is 1. The van der Waals surface area contributed by atoms with Crippen LogP contribution in [0, 0.1) is 12.7 Å². The van der Waals surface area contributed by atoms with E-state index >= 15 is 0 Å². The highest BCUT2D eigenvalue weighted by Gasteiger charge is 2.15. The fourth-order valence-corrected chi connectivity index (χ4v) is 3.72. The van der Waals surface area contributed by atoms with E-state index in [-0.39, 0.29) is 11.6 Å². The molecule has 1 aromatic heterocycles. The molecule has 0 N–H and O–H groups in total. The van der Waals surface area contributed by atoms with E-state index < -0.39 is 0 Å². The molecule has 0 saturated heterocycles. The number of carbonyl (C=O) groups excluding carboxylic acids is 1. The van der Waals surface area contributed by atoms with Crippen LogP contribution in [0.25, 0.3) is 5.57 Å². The molecular formula is C19H21FN2OS. The van der Waals surface area contributed by atoms with E-state index in [1.807, 2.05) is 6.92 Å². The first-order chi connectivity index (χ1) is 11.6. The number of halogens is 1. The van der Waals surface area contributed by atoms with Crippen molar-refractivity contribution in [1.82, 2.24) is 9.88 Å². The highest BCUT2D eigenvalue weighted by Crippen LogP contribution is 2.25. The zero-order valence-electron chi connectivity index (χ0n) is 13.8. The number of carbonyl (C=O) groups is 1. The molecule has 24 heavy (non-hydrogen) atoms. The van der Waals surface area contributed by atoms with E-state index in [1.54, 1.807) is 23.5 Å². The molecule has 0 aliphatic carbocycles. The molecule has 0 amide bonds. The standard InChI is InChI=1S/C19H21FN2OS/c1-14-13-24-19(21-14)16-8-11-22(12-9-16)10-2-3-18(23)15-4-6-17(20)7-5-15/h4-8,13H,2-3,9-12H2,1H3. The van der Waals surface area contributed by atoms with Gasteiger partial charge in [0.15, 0.2) is 5.78 Å². The summed E-state index contributed by atoms with van der Waals surface area (Å²) < 4.78 is 12.9. The van der Waals surface area contributed by atoms with Crippen molar-refractivity contribution >= 4 is 22.7 Å². The zero-order chi connectivity index (χ0) is 16.9. The molecule has 126 valence electrons. The van der Waals surface area contributed by atoms with Gasteiger partial charge in [0, 0.05) is 36.1 Å². The predicted molar refractivity (Wildman–Crippen MR) is 95.8 cm³/mol. The summed E-state index contributed by atoms with van der Waals surface area (Å²) in [4.78, 5) is 19.0. The van der Waals surface area contributed by atoms with Gasteiger partial charge in [-0.05, 0) is 56.1 Å². The number of aromatic nitrogens is 1. The van der Waals surface area contributed by atoms with Gasteiger partial charge < -0.3 is 0 Å². The van der Waals surface area contributed by atoms with Gasteiger partial charge in [0.25, 0.3) is 0 Å². The van der Waals surface area contributed by atoms with Gasteiger partial charge in [-0.3, -0.25) is 9.69 Å². The Morgan fingerprint density at radius 2 is 2.12 bits per heavy atom. The summed E-state index contributed by atoms with van der Waals surface area (Å²) in [6, 6.07) is 5.79. The van der Waals surface area contributed by atoms with Crippen LogP contribution in [0.15, 0.2) is 35.7 Å². The van der Waals surface area contributed by atoms with Crippen LogP contribution in [-0.4, -0.2) is 35.3 Å². The van der Waals surface area contributed by atoms with Crippen LogP contribution in [-0.2, 0) is 0 Å². The number of benzene rings is 1. The molecule has 1 aliphatic heterocycles. The summed E-state index contributed by atoms with van der Waals surface area (Å²) in [5.74, 6) is -0.223. The molecule has 0 unspecified atom stereocenters. The van der Waals surface area contributed by atoms with E-state index in [0.29, 0.717) is 12.0 Å². The van der Waals surface area contributed by atoms with Crippen molar-refractivity contribution < 1.29 is 9.18 Å². The fraction of sp³-hybridized carbons (Fsp3) is 0.368. The summed E-state index contributed by atoms with van der Waals surface area (Å²) >= 11 is 1.71. The minimum Gasteiger partial charge on any atom is -0.299 e. The summed E-state index contributed by atoms with van der Waals surface area (Å²) in [6.07, 6.45) is 4.60. The van der Waals surface area contributed by atoms with Crippen LogP contribution in [0.3, 0.4) is 0 Å². The maximum atomic E-state index is 12.9. The Morgan fingerprint density at radius 1 is 1.33 bits per heavy atom. The van der Waals surface area contributed by atoms with Crippen LogP contribution in [0.4, 0.5) is 4.39 Å². The normalized spacial score (nSPS) is 15.3. The van der Waals surface area contributed by atoms with Crippen LogP contribution in [0.2, 0.25) is 0 Å². The third kappa shape index (κ3) is 4.36. The van der Waals surface area contributed by atoms with Crippen molar-refractivity contribution in [2.24, 2.45) is 0 Å². The molecule has 0 saturated carbocycles. The third-order valence-corrected chi connectivity index (χ3v) is 5.27. The molecule has 2 heterocycles. The van der Waals surface area contributed by atoms with Crippen LogP contribution < -0.4 is 0 Å². The third-order valence-electron chi connectivity index (χ3n) is 4.23. The van der Waals surface area contributed by atoms with E-state index in [2.05, 4.69) is 21.3 Å². The van der Waals surface area contributed by atoms with Gasteiger partial charge in [-0.25, -0.2) is 9.37 Å². The number of hydrogen-bond acceptors (Lipinski definition) is 4. The van der Waals surface area contributed by atoms with Gasteiger partial charge >= 0.3 is 0 Å². The summed E-state index contributed by atoms with van der Waals surface area (Å²) in [5, 5.41) is 3.22. The molecule has 0 fully saturated rings. The number of hydrogen-bond donors (Lipinski definition) is 0. The zero-order valence-corrected chi connectivity index (χ0v) is 14.6. The van der Waals surface area contributed by atoms with Crippen molar-refractivity contribution in [3.63, 3.8) is 0 Å². The Kier molecular flexibility index (Phi) is 5.53. The maximum Gasteiger partial charge on any atom is 0.162 e. The number of rotatable bonds is 6. The number of aryl methyl sites for hydroxylation is 1. The first-order valence-corrected chi connectivity index (χ1v) is 9.12. The summed E-state index contributed by atoms with van der Waals surface area (Å²) in [7, 11) is 0. The molecule has 0 radical (unpaired) electrons. The van der Waals surface area contributed by atoms with E-state index in [1.165, 1.54) is 17.7 Å². The highest BCUT2D eigenvalue weighted by molar-refractivity contribution is 7.10. The number of ketones is 1. The second-order valence-corrected chi connectivity index (χ2v) is 6.97. The average Bonchev–Trinajstić information content (AvgIpc) is 3.02. The molecule has 0 atom stereocenters. The van der Waals surface area contributed by atoms with Crippen molar-refractivity contribution in [1.29, 1.82) is 0 Å². The van der Waals surface area contributed by atoms with Gasteiger partial charge in [0.1, 0.15) is 10.8 Å². The first-order valence-electron chi connectivity index (χ1n) is 8.24. The Morgan fingerprint density at radius 3 is 2.75 bits per heavy atom. The molecule has 2 aromatic rings. The highest BCUT2D eigenvalue weighted by atomic mass is 32.1. The second kappa shape index (κ2) is 7.81. The smallest absolute Gasteiger partial charge is 0.162 e. The molecule has 5 heteroatoms. The lowest BCUT2D eigenvalue weighted by atomic mass is 10.1. The molecule has 1 aliphatic rings. The van der Waals surface area contributed by atoms with Crippen LogP contribution in [0.1, 0.15) is 40.3 Å². The molecule has 1 aromatic carbocycles. The van der Waals surface area contributed by atoms with Crippen molar-refractivity contribution in [2.75, 3.05) is 19.6 Å². The van der Waals surface area contributed by atoms with E-state index in [4.69, 9.17) is 0 Å². The maximum absolute atomic E-state index is 12.9. The minimum absolute atomic E-state index is 0.0847. The largest absolute Gasteiger partial charge is 0.299 e. The Labute approximate surface area is 145 Å². The predicted octanol–water partition coefficient (Wildman–Crippen LogP) is 4.34. The van der Waals surface area contributed by atoms with E-state index in [9.17, 15) is 9.18 Å². The Hall–Kier alpha value is -1.85. The molecular weight excluding hydrogens is 323 g/mol. The molecule has 0 bridgehead atoms. The van der Waals surface area contributed by atoms with Crippen molar-refractivity contribution in [3.05, 3.63) is 57.8 Å². The Balaban J connectivity index is 1.44. The molecule has 0 spiro atoms. The second-order valence-electron chi connectivity index (χ2n) is 6.11. The van der Waals surface area contributed by atoms with Gasteiger partial charge in [-0.2, -0.15) is 0 Å². The fourth-order valence-electron chi connectivity index (χ4n) is 2.85. The lowest BCUT2D eigenvalue weighted by Gasteiger charge is -2.25. The van der Waals surface area contributed by atoms with Crippen molar-refractivity contribution in [2.45, 2.75) is 26.2 Å². The molecule has 3 nitrogen and oxygen atoms in total. The lowest BCUT2D eigenvalue weighted by Crippen LogP contribution is -2.29. The number of nitrogens with zero attached hydrogens (tertiary/aromatic N) is 2. The number of thiazole rings is 1. The SMILES string of the molecule is Cc1csc(C2=CCN(CCCC(=O)c3ccc(F)cc3)CC2)n1. The average molecular weight is 344 g/mol. The minimum atomic E-state index is -0.308. The van der Waals surface area contributed by atoms with Gasteiger partial charge in [-0.1, -0.05) is 6.08 Å². The molecule has 3 rings (SSSR count). The van der Waals surface area contributed by atoms with Crippen LogP contribution >= 0.6 is 11.3 Å². The van der Waals surface area contributed by atoms with Crippen LogP contribution in [0.5, 0.6) is 0 Å². The van der Waals surface area contributed by atoms with E-state index in [0.717, 1.165) is 43.2 Å². The Bertz CT molecular complexity index is 736.